The Labute approximate surface area is 104 Å². The summed E-state index contributed by atoms with van der Waals surface area (Å²) in [6.07, 6.45) is -3.21. The molecule has 0 bridgehead atoms. The Balaban J connectivity index is 0.00000256. The van der Waals surface area contributed by atoms with Gasteiger partial charge in [0, 0.05) is 12.6 Å². The van der Waals surface area contributed by atoms with E-state index in [4.69, 9.17) is 10.8 Å². The fourth-order valence-electron chi connectivity index (χ4n) is 1.40. The van der Waals surface area contributed by atoms with Crippen LogP contribution in [0.25, 0.3) is 0 Å². The first kappa shape index (κ1) is 16.2. The van der Waals surface area contributed by atoms with Crippen LogP contribution >= 0.6 is 12.4 Å². The SMILES string of the molecule is Cl.N[C@H](CCCO)c1ccc(C(F)(F)F)cc1. The number of hydrogen-bond donors (Lipinski definition) is 2. The smallest absolute Gasteiger partial charge is 0.396 e. The van der Waals surface area contributed by atoms with Gasteiger partial charge >= 0.3 is 6.18 Å². The van der Waals surface area contributed by atoms with Gasteiger partial charge in [-0.05, 0) is 30.5 Å². The normalized spacial score (nSPS) is 13.0. The van der Waals surface area contributed by atoms with Gasteiger partial charge in [0.1, 0.15) is 0 Å². The van der Waals surface area contributed by atoms with Crippen molar-refractivity contribution in [3.63, 3.8) is 0 Å². The average Bonchev–Trinajstić information content (AvgIpc) is 2.25. The molecule has 0 aliphatic heterocycles. The number of alkyl halides is 3. The Morgan fingerprint density at radius 3 is 2.12 bits per heavy atom. The molecule has 0 unspecified atom stereocenters. The molecule has 0 spiro atoms. The van der Waals surface area contributed by atoms with Crippen LogP contribution in [0.3, 0.4) is 0 Å². The maximum Gasteiger partial charge on any atom is 0.416 e. The number of aliphatic hydroxyl groups is 1. The lowest BCUT2D eigenvalue weighted by molar-refractivity contribution is -0.137. The molecule has 0 aliphatic carbocycles. The summed E-state index contributed by atoms with van der Waals surface area (Å²) in [6, 6.07) is 4.48. The topological polar surface area (TPSA) is 46.2 Å². The van der Waals surface area contributed by atoms with Crippen molar-refractivity contribution in [3.05, 3.63) is 35.4 Å². The van der Waals surface area contributed by atoms with Gasteiger partial charge in [0.15, 0.2) is 0 Å². The molecule has 1 atom stereocenters. The van der Waals surface area contributed by atoms with Crippen molar-refractivity contribution in [3.8, 4) is 0 Å². The Morgan fingerprint density at radius 1 is 1.18 bits per heavy atom. The third-order valence-electron chi connectivity index (χ3n) is 2.34. The summed E-state index contributed by atoms with van der Waals surface area (Å²) in [5.74, 6) is 0. The van der Waals surface area contributed by atoms with Crippen molar-refractivity contribution in [2.45, 2.75) is 25.1 Å². The highest BCUT2D eigenvalue weighted by Crippen LogP contribution is 2.30. The van der Waals surface area contributed by atoms with Crippen LogP contribution in [-0.2, 0) is 6.18 Å². The first-order valence-corrected chi connectivity index (χ1v) is 4.98. The Hall–Kier alpha value is -0.780. The van der Waals surface area contributed by atoms with Gasteiger partial charge in [0.25, 0.3) is 0 Å². The summed E-state index contributed by atoms with van der Waals surface area (Å²) < 4.78 is 36.8. The first-order chi connectivity index (χ1) is 7.45. The number of rotatable bonds is 4. The van der Waals surface area contributed by atoms with Crippen LogP contribution in [0.1, 0.15) is 30.0 Å². The molecule has 0 radical (unpaired) electrons. The summed E-state index contributed by atoms with van der Waals surface area (Å²) in [6.45, 7) is 0.0360. The first-order valence-electron chi connectivity index (χ1n) is 4.98. The summed E-state index contributed by atoms with van der Waals surface area (Å²) in [5.41, 5.74) is 5.73. The third kappa shape index (κ3) is 4.93. The highest BCUT2D eigenvalue weighted by molar-refractivity contribution is 5.85. The maximum atomic E-state index is 12.3. The fourth-order valence-corrected chi connectivity index (χ4v) is 1.40. The van der Waals surface area contributed by atoms with E-state index in [1.807, 2.05) is 0 Å². The lowest BCUT2D eigenvalue weighted by atomic mass is 10.0. The molecule has 1 aromatic carbocycles. The number of aliphatic hydroxyl groups excluding tert-OH is 1. The fraction of sp³-hybridized carbons (Fsp3) is 0.455. The second-order valence-electron chi connectivity index (χ2n) is 3.59. The quantitative estimate of drug-likeness (QED) is 0.883. The molecule has 3 N–H and O–H groups in total. The second kappa shape index (κ2) is 6.83. The highest BCUT2D eigenvalue weighted by atomic mass is 35.5. The maximum absolute atomic E-state index is 12.3. The van der Waals surface area contributed by atoms with Crippen LogP contribution in [0.15, 0.2) is 24.3 Å². The van der Waals surface area contributed by atoms with Crippen molar-refractivity contribution in [1.29, 1.82) is 0 Å². The number of hydrogen-bond acceptors (Lipinski definition) is 2. The highest BCUT2D eigenvalue weighted by Gasteiger charge is 2.30. The molecule has 2 nitrogen and oxygen atoms in total. The second-order valence-corrected chi connectivity index (χ2v) is 3.59. The minimum absolute atomic E-state index is 0. The standard InChI is InChI=1S/C11H14F3NO.ClH/c12-11(13,14)9-5-3-8(4-6-9)10(15)2-1-7-16;/h3-6,10,16H,1-2,7,15H2;1H/t10-;/m1./s1. The molecule has 1 aromatic rings. The lowest BCUT2D eigenvalue weighted by Gasteiger charge is -2.12. The average molecular weight is 270 g/mol. The molecule has 98 valence electrons. The predicted molar refractivity (Wildman–Crippen MR) is 61.9 cm³/mol. The Morgan fingerprint density at radius 2 is 1.71 bits per heavy atom. The summed E-state index contributed by atoms with van der Waals surface area (Å²) in [4.78, 5) is 0. The molecule has 0 aromatic heterocycles. The Bertz CT molecular complexity index is 326. The van der Waals surface area contributed by atoms with Gasteiger partial charge in [-0.2, -0.15) is 13.2 Å². The minimum Gasteiger partial charge on any atom is -0.396 e. The molecule has 17 heavy (non-hydrogen) atoms. The molecule has 1 rings (SSSR count). The van der Waals surface area contributed by atoms with Crippen molar-refractivity contribution in [2.75, 3.05) is 6.61 Å². The van der Waals surface area contributed by atoms with E-state index in [2.05, 4.69) is 0 Å². The molecular weight excluding hydrogens is 255 g/mol. The van der Waals surface area contributed by atoms with Gasteiger partial charge < -0.3 is 10.8 Å². The summed E-state index contributed by atoms with van der Waals surface area (Å²) in [7, 11) is 0. The number of benzene rings is 1. The van der Waals surface area contributed by atoms with E-state index in [-0.39, 0.29) is 25.1 Å². The molecule has 0 aliphatic rings. The number of nitrogens with two attached hydrogens (primary N) is 1. The molecule has 0 amide bonds. The molecular formula is C11H15ClF3NO. The van der Waals surface area contributed by atoms with Crippen LogP contribution in [0.4, 0.5) is 13.2 Å². The van der Waals surface area contributed by atoms with Gasteiger partial charge in [-0.25, -0.2) is 0 Å². The van der Waals surface area contributed by atoms with Crippen molar-refractivity contribution in [1.82, 2.24) is 0 Å². The number of halogens is 4. The van der Waals surface area contributed by atoms with Crippen LogP contribution in [0.5, 0.6) is 0 Å². The predicted octanol–water partition coefficient (Wildman–Crippen LogP) is 2.90. The lowest BCUT2D eigenvalue weighted by Crippen LogP contribution is -2.11. The molecule has 0 heterocycles. The van der Waals surface area contributed by atoms with Crippen LogP contribution in [0, 0.1) is 0 Å². The van der Waals surface area contributed by atoms with Gasteiger partial charge in [-0.3, -0.25) is 0 Å². The zero-order valence-corrected chi connectivity index (χ0v) is 9.89. The van der Waals surface area contributed by atoms with E-state index >= 15 is 0 Å². The van der Waals surface area contributed by atoms with Crippen molar-refractivity contribution in [2.24, 2.45) is 5.73 Å². The van der Waals surface area contributed by atoms with Crippen LogP contribution in [0.2, 0.25) is 0 Å². The summed E-state index contributed by atoms with van der Waals surface area (Å²) in [5, 5.41) is 8.61. The molecule has 6 heteroatoms. The largest absolute Gasteiger partial charge is 0.416 e. The van der Waals surface area contributed by atoms with Crippen LogP contribution < -0.4 is 5.73 Å². The molecule has 0 saturated carbocycles. The van der Waals surface area contributed by atoms with E-state index in [1.54, 1.807) is 0 Å². The van der Waals surface area contributed by atoms with E-state index in [0.717, 1.165) is 12.1 Å². The zero-order valence-electron chi connectivity index (χ0n) is 9.07. The van der Waals surface area contributed by atoms with Crippen molar-refractivity contribution < 1.29 is 18.3 Å². The van der Waals surface area contributed by atoms with Gasteiger partial charge in [-0.15, -0.1) is 12.4 Å². The zero-order chi connectivity index (χ0) is 12.2. The Kier molecular flexibility index (Phi) is 6.52. The van der Waals surface area contributed by atoms with Gasteiger partial charge in [-0.1, -0.05) is 12.1 Å². The van der Waals surface area contributed by atoms with E-state index in [1.165, 1.54) is 12.1 Å². The van der Waals surface area contributed by atoms with E-state index < -0.39 is 11.7 Å². The third-order valence-corrected chi connectivity index (χ3v) is 2.34. The van der Waals surface area contributed by atoms with Crippen LogP contribution in [-0.4, -0.2) is 11.7 Å². The molecule has 0 fully saturated rings. The van der Waals surface area contributed by atoms with Crippen molar-refractivity contribution >= 4 is 12.4 Å². The summed E-state index contributed by atoms with van der Waals surface area (Å²) >= 11 is 0. The van der Waals surface area contributed by atoms with E-state index in [0.29, 0.717) is 18.4 Å². The minimum atomic E-state index is -4.31. The molecule has 0 saturated heterocycles. The van der Waals surface area contributed by atoms with Gasteiger partial charge in [0.05, 0.1) is 5.56 Å². The van der Waals surface area contributed by atoms with E-state index in [9.17, 15) is 13.2 Å². The monoisotopic (exact) mass is 269 g/mol. The van der Waals surface area contributed by atoms with Gasteiger partial charge in [0.2, 0.25) is 0 Å².